The first kappa shape index (κ1) is 11.6. The molecular formula is C14H10N4. The summed E-state index contributed by atoms with van der Waals surface area (Å²) in [6, 6.07) is 14.8. The quantitative estimate of drug-likeness (QED) is 0.801. The lowest BCUT2D eigenvalue weighted by Gasteiger charge is -2.19. The van der Waals surface area contributed by atoms with Crippen LogP contribution in [-0.4, -0.2) is 12.0 Å². The average Bonchev–Trinajstić information content (AvgIpc) is 2.46. The number of hydrogen-bond acceptors (Lipinski definition) is 4. The molecule has 1 aromatic carbocycles. The Balaban J connectivity index is 2.45. The van der Waals surface area contributed by atoms with E-state index in [0.29, 0.717) is 16.9 Å². The molecule has 86 valence electrons. The molecule has 0 aliphatic carbocycles. The molecule has 1 heterocycles. The Morgan fingerprint density at radius 2 is 1.94 bits per heavy atom. The van der Waals surface area contributed by atoms with Crippen molar-refractivity contribution in [2.45, 2.75) is 0 Å². The minimum Gasteiger partial charge on any atom is -0.328 e. The number of anilines is 2. The highest BCUT2D eigenvalue weighted by molar-refractivity contribution is 5.65. The molecule has 4 nitrogen and oxygen atoms in total. The van der Waals surface area contributed by atoms with Crippen molar-refractivity contribution in [1.29, 1.82) is 10.5 Å². The largest absolute Gasteiger partial charge is 0.328 e. The smallest absolute Gasteiger partial charge is 0.150 e. The van der Waals surface area contributed by atoms with E-state index in [1.807, 2.05) is 13.1 Å². The molecule has 0 spiro atoms. The highest BCUT2D eigenvalue weighted by Gasteiger charge is 2.10. The molecule has 0 aliphatic rings. The van der Waals surface area contributed by atoms with Gasteiger partial charge in [0.1, 0.15) is 6.07 Å². The predicted octanol–water partition coefficient (Wildman–Crippen LogP) is 2.59. The zero-order chi connectivity index (χ0) is 13.0. The Morgan fingerprint density at radius 3 is 2.67 bits per heavy atom. The first-order valence-corrected chi connectivity index (χ1v) is 5.35. The van der Waals surface area contributed by atoms with Crippen molar-refractivity contribution >= 4 is 11.5 Å². The first-order valence-electron chi connectivity index (χ1n) is 5.35. The summed E-state index contributed by atoms with van der Waals surface area (Å²) in [5, 5.41) is 17.9. The second kappa shape index (κ2) is 4.99. The van der Waals surface area contributed by atoms with Gasteiger partial charge in [-0.15, -0.1) is 0 Å². The number of nitrogens with zero attached hydrogens (tertiary/aromatic N) is 4. The molecule has 2 rings (SSSR count). The fourth-order valence-corrected chi connectivity index (χ4v) is 1.66. The Kier molecular flexibility index (Phi) is 3.22. The molecule has 0 saturated heterocycles. The molecule has 4 heteroatoms. The van der Waals surface area contributed by atoms with E-state index in [1.54, 1.807) is 41.4 Å². The average molecular weight is 234 g/mol. The number of rotatable bonds is 2. The summed E-state index contributed by atoms with van der Waals surface area (Å²) in [6.45, 7) is 0. The van der Waals surface area contributed by atoms with E-state index in [-0.39, 0.29) is 0 Å². The molecule has 0 atom stereocenters. The van der Waals surface area contributed by atoms with Crippen molar-refractivity contribution in [3.63, 3.8) is 0 Å². The molecule has 0 radical (unpaired) electrons. The lowest BCUT2D eigenvalue weighted by molar-refractivity contribution is 1.12. The Hall–Kier alpha value is -2.85. The first-order chi connectivity index (χ1) is 8.76. The van der Waals surface area contributed by atoms with E-state index in [2.05, 4.69) is 17.1 Å². The molecule has 0 saturated carbocycles. The maximum atomic E-state index is 9.05. The highest BCUT2D eigenvalue weighted by atomic mass is 15.2. The van der Waals surface area contributed by atoms with E-state index < -0.39 is 0 Å². The highest BCUT2D eigenvalue weighted by Crippen LogP contribution is 2.24. The number of hydrogen-bond donors (Lipinski definition) is 0. The number of pyridine rings is 1. The molecule has 0 N–H and O–H groups in total. The molecule has 1 aromatic heterocycles. The monoisotopic (exact) mass is 234 g/mol. The van der Waals surface area contributed by atoms with E-state index in [1.165, 1.54) is 0 Å². The van der Waals surface area contributed by atoms with Crippen LogP contribution in [0.15, 0.2) is 42.6 Å². The summed E-state index contributed by atoms with van der Waals surface area (Å²) in [4.78, 5) is 5.99. The van der Waals surface area contributed by atoms with Gasteiger partial charge in [0, 0.05) is 18.9 Å². The van der Waals surface area contributed by atoms with Crippen LogP contribution >= 0.6 is 0 Å². The van der Waals surface area contributed by atoms with Crippen LogP contribution in [0.4, 0.5) is 11.5 Å². The Morgan fingerprint density at radius 1 is 1.11 bits per heavy atom. The van der Waals surface area contributed by atoms with Gasteiger partial charge in [-0.05, 0) is 30.3 Å². The van der Waals surface area contributed by atoms with Crippen LogP contribution in [0.2, 0.25) is 0 Å². The van der Waals surface area contributed by atoms with Crippen molar-refractivity contribution in [1.82, 2.24) is 4.98 Å². The molecule has 0 fully saturated rings. The maximum Gasteiger partial charge on any atom is 0.150 e. The molecule has 0 aliphatic heterocycles. The van der Waals surface area contributed by atoms with Gasteiger partial charge in [0.15, 0.2) is 5.82 Å². The maximum absolute atomic E-state index is 9.05. The Labute approximate surface area is 105 Å². The Bertz CT molecular complexity index is 649. The number of nitriles is 2. The van der Waals surface area contributed by atoms with Crippen LogP contribution in [0.3, 0.4) is 0 Å². The molecule has 0 amide bonds. The van der Waals surface area contributed by atoms with Crippen LogP contribution in [0.25, 0.3) is 0 Å². The van der Waals surface area contributed by atoms with Gasteiger partial charge in [-0.3, -0.25) is 0 Å². The zero-order valence-electron chi connectivity index (χ0n) is 9.83. The van der Waals surface area contributed by atoms with Gasteiger partial charge in [0.25, 0.3) is 0 Å². The zero-order valence-corrected chi connectivity index (χ0v) is 9.83. The second-order valence-corrected chi connectivity index (χ2v) is 3.71. The van der Waals surface area contributed by atoms with Crippen LogP contribution in [0.5, 0.6) is 0 Å². The third kappa shape index (κ3) is 2.14. The lowest BCUT2D eigenvalue weighted by Crippen LogP contribution is -2.12. The summed E-state index contributed by atoms with van der Waals surface area (Å²) in [5.74, 6) is 0.579. The normalized spacial score (nSPS) is 9.28. The number of aromatic nitrogens is 1. The summed E-state index contributed by atoms with van der Waals surface area (Å²) in [7, 11) is 1.82. The molecule has 18 heavy (non-hydrogen) atoms. The summed E-state index contributed by atoms with van der Waals surface area (Å²) in [5.41, 5.74) is 1.90. The second-order valence-electron chi connectivity index (χ2n) is 3.71. The van der Waals surface area contributed by atoms with Crippen LogP contribution in [-0.2, 0) is 0 Å². The fraction of sp³-hybridized carbons (Fsp3) is 0.0714. The van der Waals surface area contributed by atoms with Gasteiger partial charge in [0.05, 0.1) is 17.2 Å². The number of benzene rings is 1. The van der Waals surface area contributed by atoms with Crippen LogP contribution in [0, 0.1) is 22.7 Å². The third-order valence-electron chi connectivity index (χ3n) is 2.59. The molecule has 0 bridgehead atoms. The summed E-state index contributed by atoms with van der Waals surface area (Å²) < 4.78 is 0. The fourth-order valence-electron chi connectivity index (χ4n) is 1.66. The van der Waals surface area contributed by atoms with E-state index in [9.17, 15) is 0 Å². The molecular weight excluding hydrogens is 224 g/mol. The summed E-state index contributed by atoms with van der Waals surface area (Å²) in [6.07, 6.45) is 1.64. The van der Waals surface area contributed by atoms with Crippen LogP contribution < -0.4 is 4.90 Å². The molecule has 2 aromatic rings. The van der Waals surface area contributed by atoms with Crippen LogP contribution in [0.1, 0.15) is 11.1 Å². The van der Waals surface area contributed by atoms with Gasteiger partial charge < -0.3 is 4.90 Å². The third-order valence-corrected chi connectivity index (χ3v) is 2.59. The van der Waals surface area contributed by atoms with Gasteiger partial charge in [0.2, 0.25) is 0 Å². The van der Waals surface area contributed by atoms with Gasteiger partial charge >= 0.3 is 0 Å². The lowest BCUT2D eigenvalue weighted by atomic mass is 10.2. The minimum absolute atomic E-state index is 0.502. The van der Waals surface area contributed by atoms with Gasteiger partial charge in [-0.25, -0.2) is 4.98 Å². The summed E-state index contributed by atoms with van der Waals surface area (Å²) >= 11 is 0. The van der Waals surface area contributed by atoms with Gasteiger partial charge in [-0.2, -0.15) is 10.5 Å². The topological polar surface area (TPSA) is 63.7 Å². The van der Waals surface area contributed by atoms with Crippen molar-refractivity contribution in [2.75, 3.05) is 11.9 Å². The van der Waals surface area contributed by atoms with Crippen molar-refractivity contribution in [2.24, 2.45) is 0 Å². The predicted molar refractivity (Wildman–Crippen MR) is 68.2 cm³/mol. The van der Waals surface area contributed by atoms with E-state index in [4.69, 9.17) is 10.5 Å². The van der Waals surface area contributed by atoms with Gasteiger partial charge in [-0.1, -0.05) is 6.07 Å². The van der Waals surface area contributed by atoms with Crippen molar-refractivity contribution in [3.05, 3.63) is 53.7 Å². The van der Waals surface area contributed by atoms with E-state index in [0.717, 1.165) is 5.69 Å². The van der Waals surface area contributed by atoms with Crippen molar-refractivity contribution in [3.8, 4) is 12.1 Å². The van der Waals surface area contributed by atoms with E-state index >= 15 is 0 Å². The van der Waals surface area contributed by atoms with Crippen molar-refractivity contribution < 1.29 is 0 Å². The molecule has 0 unspecified atom stereocenters. The SMILES string of the molecule is CN(c1cccc(C#N)c1)c1ncccc1C#N. The standard InChI is InChI=1S/C14H10N4/c1-18(13-6-2-4-11(8-13)9-15)14-12(10-16)5-3-7-17-14/h2-8H,1H3. The minimum atomic E-state index is 0.502.